The van der Waals surface area contributed by atoms with Gasteiger partial charge in [-0.3, -0.25) is 0 Å². The summed E-state index contributed by atoms with van der Waals surface area (Å²) in [6.07, 6.45) is 0. The molecule has 1 aromatic carbocycles. The smallest absolute Gasteiger partial charge is 0.0702 e. The van der Waals surface area contributed by atoms with E-state index in [0.29, 0.717) is 0 Å². The first-order valence-corrected chi connectivity index (χ1v) is 5.55. The molecule has 0 aliphatic carbocycles. The minimum Gasteiger partial charge on any atom is -0.373 e. The summed E-state index contributed by atoms with van der Waals surface area (Å²) in [5, 5.41) is 9.03. The Morgan fingerprint density at radius 2 is 1.94 bits per heavy atom. The minimum absolute atomic E-state index is 0.313. The number of aryl methyl sites for hydroxylation is 2. The van der Waals surface area contributed by atoms with Gasteiger partial charge in [-0.15, -0.1) is 0 Å². The summed E-state index contributed by atoms with van der Waals surface area (Å²) in [5.74, 6) is 0. The van der Waals surface area contributed by atoms with Crippen molar-refractivity contribution in [1.29, 1.82) is 5.26 Å². The number of anilines is 1. The normalized spacial score (nSPS) is 11.0. The first kappa shape index (κ1) is 12.6. The molecule has 86 valence electrons. The van der Waals surface area contributed by atoms with Crippen molar-refractivity contribution in [2.24, 2.45) is 5.41 Å². The van der Waals surface area contributed by atoms with Gasteiger partial charge in [0.2, 0.25) is 0 Å². The SMILES string of the molecule is Cc1ccc(N(C)CC(C)(C)C#N)c(C)c1. The van der Waals surface area contributed by atoms with Crippen LogP contribution in [-0.4, -0.2) is 13.6 Å². The second-order valence-electron chi connectivity index (χ2n) is 5.14. The summed E-state index contributed by atoms with van der Waals surface area (Å²) < 4.78 is 0. The number of hydrogen-bond acceptors (Lipinski definition) is 2. The third kappa shape index (κ3) is 3.00. The van der Waals surface area contributed by atoms with Crippen molar-refractivity contribution in [3.63, 3.8) is 0 Å². The Labute approximate surface area is 98.5 Å². The zero-order valence-corrected chi connectivity index (χ0v) is 10.8. The van der Waals surface area contributed by atoms with Gasteiger partial charge in [-0.25, -0.2) is 0 Å². The maximum atomic E-state index is 9.03. The molecule has 0 unspecified atom stereocenters. The highest BCUT2D eigenvalue weighted by molar-refractivity contribution is 5.54. The van der Waals surface area contributed by atoms with Gasteiger partial charge >= 0.3 is 0 Å². The van der Waals surface area contributed by atoms with Crippen LogP contribution in [0.4, 0.5) is 5.69 Å². The zero-order valence-electron chi connectivity index (χ0n) is 10.8. The molecule has 0 N–H and O–H groups in total. The molecule has 0 bridgehead atoms. The van der Waals surface area contributed by atoms with Crippen molar-refractivity contribution >= 4 is 5.69 Å². The molecule has 0 saturated heterocycles. The van der Waals surface area contributed by atoms with Crippen LogP contribution in [0.2, 0.25) is 0 Å². The largest absolute Gasteiger partial charge is 0.373 e. The third-order valence-electron chi connectivity index (χ3n) is 2.70. The van der Waals surface area contributed by atoms with Crippen molar-refractivity contribution in [1.82, 2.24) is 0 Å². The summed E-state index contributed by atoms with van der Waals surface area (Å²) in [4.78, 5) is 2.15. The average Bonchev–Trinajstić information content (AvgIpc) is 2.16. The van der Waals surface area contributed by atoms with Gasteiger partial charge in [-0.2, -0.15) is 5.26 Å². The van der Waals surface area contributed by atoms with Crippen LogP contribution >= 0.6 is 0 Å². The second-order valence-corrected chi connectivity index (χ2v) is 5.14. The predicted molar refractivity (Wildman–Crippen MR) is 68.6 cm³/mol. The number of nitriles is 1. The van der Waals surface area contributed by atoms with E-state index in [2.05, 4.69) is 43.0 Å². The van der Waals surface area contributed by atoms with E-state index in [4.69, 9.17) is 5.26 Å². The van der Waals surface area contributed by atoms with E-state index in [0.717, 1.165) is 6.54 Å². The number of benzene rings is 1. The fourth-order valence-corrected chi connectivity index (χ4v) is 1.95. The van der Waals surface area contributed by atoms with Gasteiger partial charge in [0.25, 0.3) is 0 Å². The fraction of sp³-hybridized carbons (Fsp3) is 0.500. The summed E-state index contributed by atoms with van der Waals surface area (Å²) in [6.45, 7) is 8.88. The maximum Gasteiger partial charge on any atom is 0.0702 e. The van der Waals surface area contributed by atoms with Crippen molar-refractivity contribution in [2.45, 2.75) is 27.7 Å². The molecule has 2 heteroatoms. The van der Waals surface area contributed by atoms with Crippen LogP contribution in [0, 0.1) is 30.6 Å². The molecule has 0 amide bonds. The predicted octanol–water partition coefficient (Wildman–Crippen LogP) is 3.29. The Hall–Kier alpha value is -1.49. The highest BCUT2D eigenvalue weighted by Crippen LogP contribution is 2.24. The van der Waals surface area contributed by atoms with E-state index in [1.54, 1.807) is 0 Å². The standard InChI is InChI=1S/C14H20N2/c1-11-6-7-13(12(2)8-11)16(5)10-14(3,4)9-15/h6-8H,10H2,1-5H3. The average molecular weight is 216 g/mol. The number of hydrogen-bond donors (Lipinski definition) is 0. The first-order valence-electron chi connectivity index (χ1n) is 5.55. The Morgan fingerprint density at radius 1 is 1.31 bits per heavy atom. The second kappa shape index (κ2) is 4.57. The van der Waals surface area contributed by atoms with E-state index in [-0.39, 0.29) is 5.41 Å². The van der Waals surface area contributed by atoms with Crippen LogP contribution in [0.5, 0.6) is 0 Å². The van der Waals surface area contributed by atoms with Crippen LogP contribution in [0.3, 0.4) is 0 Å². The van der Waals surface area contributed by atoms with Gasteiger partial charge in [-0.1, -0.05) is 17.7 Å². The van der Waals surface area contributed by atoms with Crippen LogP contribution in [0.25, 0.3) is 0 Å². The van der Waals surface area contributed by atoms with Crippen LogP contribution in [-0.2, 0) is 0 Å². The lowest BCUT2D eigenvalue weighted by atomic mass is 9.95. The lowest BCUT2D eigenvalue weighted by Crippen LogP contribution is -2.30. The lowest BCUT2D eigenvalue weighted by Gasteiger charge is -2.27. The maximum absolute atomic E-state index is 9.03. The van der Waals surface area contributed by atoms with E-state index in [1.165, 1.54) is 16.8 Å². The van der Waals surface area contributed by atoms with Gasteiger partial charge in [0.15, 0.2) is 0 Å². The fourth-order valence-electron chi connectivity index (χ4n) is 1.95. The zero-order chi connectivity index (χ0) is 12.3. The molecule has 1 aromatic rings. The van der Waals surface area contributed by atoms with E-state index in [9.17, 15) is 0 Å². The molecule has 0 spiro atoms. The monoisotopic (exact) mass is 216 g/mol. The quantitative estimate of drug-likeness (QED) is 0.775. The molecule has 2 nitrogen and oxygen atoms in total. The van der Waals surface area contributed by atoms with Crippen molar-refractivity contribution in [3.8, 4) is 6.07 Å². The molecule has 0 radical (unpaired) electrons. The lowest BCUT2D eigenvalue weighted by molar-refractivity contribution is 0.497. The highest BCUT2D eigenvalue weighted by Gasteiger charge is 2.20. The third-order valence-corrected chi connectivity index (χ3v) is 2.70. The van der Waals surface area contributed by atoms with Gasteiger partial charge in [0.1, 0.15) is 0 Å². The molecule has 0 saturated carbocycles. The van der Waals surface area contributed by atoms with E-state index < -0.39 is 0 Å². The van der Waals surface area contributed by atoms with Crippen molar-refractivity contribution < 1.29 is 0 Å². The molecule has 16 heavy (non-hydrogen) atoms. The van der Waals surface area contributed by atoms with Gasteiger partial charge < -0.3 is 4.90 Å². The molecule has 0 aliphatic heterocycles. The minimum atomic E-state index is -0.313. The Balaban J connectivity index is 2.90. The summed E-state index contributed by atoms with van der Waals surface area (Å²) in [7, 11) is 2.04. The van der Waals surface area contributed by atoms with E-state index >= 15 is 0 Å². The summed E-state index contributed by atoms with van der Waals surface area (Å²) >= 11 is 0. The Bertz CT molecular complexity index is 413. The Kier molecular flexibility index (Phi) is 3.59. The molecule has 0 atom stereocenters. The van der Waals surface area contributed by atoms with E-state index in [1.807, 2.05) is 20.9 Å². The van der Waals surface area contributed by atoms with Crippen LogP contribution in [0.1, 0.15) is 25.0 Å². The molecule has 0 aromatic heterocycles. The molecular weight excluding hydrogens is 196 g/mol. The summed E-state index contributed by atoms with van der Waals surface area (Å²) in [5.41, 5.74) is 3.42. The number of nitrogens with zero attached hydrogens (tertiary/aromatic N) is 2. The highest BCUT2D eigenvalue weighted by atomic mass is 15.1. The van der Waals surface area contributed by atoms with Gasteiger partial charge in [0.05, 0.1) is 11.5 Å². The number of rotatable bonds is 3. The first-order chi connectivity index (χ1) is 7.35. The van der Waals surface area contributed by atoms with Crippen molar-refractivity contribution in [2.75, 3.05) is 18.5 Å². The van der Waals surface area contributed by atoms with Crippen LogP contribution < -0.4 is 4.90 Å². The molecule has 0 aliphatic rings. The molecule has 0 fully saturated rings. The van der Waals surface area contributed by atoms with Gasteiger partial charge in [0, 0.05) is 19.3 Å². The summed E-state index contributed by atoms with van der Waals surface area (Å²) in [6, 6.07) is 8.74. The van der Waals surface area contributed by atoms with Gasteiger partial charge in [-0.05, 0) is 39.3 Å². The molecule has 0 heterocycles. The molecular formula is C14H20N2. The van der Waals surface area contributed by atoms with Crippen molar-refractivity contribution in [3.05, 3.63) is 29.3 Å². The molecule has 1 rings (SSSR count). The van der Waals surface area contributed by atoms with Crippen LogP contribution in [0.15, 0.2) is 18.2 Å². The topological polar surface area (TPSA) is 27.0 Å². The Morgan fingerprint density at radius 3 is 2.44 bits per heavy atom.